The van der Waals surface area contributed by atoms with Crippen LogP contribution in [-0.4, -0.2) is 63.8 Å². The third-order valence-electron chi connectivity index (χ3n) is 6.85. The van der Waals surface area contributed by atoms with Gasteiger partial charge in [-0.1, -0.05) is 5.21 Å². The Morgan fingerprint density at radius 3 is 2.55 bits per heavy atom. The number of hydrogen-bond acceptors (Lipinski definition) is 9. The standard InChI is InChI=1S/C25H19BrF5N7O3S/c1-10-32-15-3-2-12(6-20(15)42-10)38-23(34-35-24(38)25(29,30)31)18-7-17(22(40)19(9-39)41-18)37-8-16(33-36-37)11-4-13(27)21(26)14(28)5-11/h2-6,8,17-19,22,39-40H,7,9H2,1H3. The molecule has 220 valence electrons. The first kappa shape index (κ1) is 28.7. The van der Waals surface area contributed by atoms with Gasteiger partial charge >= 0.3 is 6.18 Å². The van der Waals surface area contributed by atoms with Gasteiger partial charge in [0.2, 0.25) is 5.82 Å². The summed E-state index contributed by atoms with van der Waals surface area (Å²) in [6.07, 6.45) is -7.48. The zero-order valence-corrected chi connectivity index (χ0v) is 23.7. The molecule has 0 saturated carbocycles. The highest BCUT2D eigenvalue weighted by molar-refractivity contribution is 9.10. The number of aromatic nitrogens is 7. The van der Waals surface area contributed by atoms with E-state index in [0.29, 0.717) is 10.2 Å². The van der Waals surface area contributed by atoms with Crippen molar-refractivity contribution in [3.63, 3.8) is 0 Å². The molecule has 2 N–H and O–H groups in total. The van der Waals surface area contributed by atoms with E-state index in [0.717, 1.165) is 21.7 Å². The van der Waals surface area contributed by atoms with Gasteiger partial charge in [-0.15, -0.1) is 26.6 Å². The molecule has 2 aromatic carbocycles. The maximum absolute atomic E-state index is 14.1. The number of aliphatic hydroxyl groups excluding tert-OH is 2. The van der Waals surface area contributed by atoms with E-state index >= 15 is 0 Å². The number of hydrogen-bond donors (Lipinski definition) is 2. The van der Waals surface area contributed by atoms with E-state index in [1.165, 1.54) is 28.3 Å². The highest BCUT2D eigenvalue weighted by atomic mass is 79.9. The number of benzene rings is 2. The van der Waals surface area contributed by atoms with Crippen molar-refractivity contribution in [2.45, 2.75) is 43.9 Å². The van der Waals surface area contributed by atoms with E-state index in [9.17, 15) is 32.2 Å². The van der Waals surface area contributed by atoms with Crippen LogP contribution in [0.4, 0.5) is 22.0 Å². The predicted molar refractivity (Wildman–Crippen MR) is 142 cm³/mol. The van der Waals surface area contributed by atoms with Crippen LogP contribution < -0.4 is 0 Å². The monoisotopic (exact) mass is 671 g/mol. The molecule has 0 amide bonds. The molecule has 1 aliphatic rings. The molecule has 1 fully saturated rings. The minimum absolute atomic E-state index is 0.0690. The molecule has 4 atom stereocenters. The lowest BCUT2D eigenvalue weighted by atomic mass is 9.95. The molecule has 1 saturated heterocycles. The maximum Gasteiger partial charge on any atom is 0.452 e. The number of nitrogens with zero attached hydrogens (tertiary/aromatic N) is 7. The fraction of sp³-hybridized carbons (Fsp3) is 0.320. The molecular formula is C25H19BrF5N7O3S. The van der Waals surface area contributed by atoms with Crippen molar-refractivity contribution in [3.8, 4) is 16.9 Å². The summed E-state index contributed by atoms with van der Waals surface area (Å²) in [7, 11) is 0. The van der Waals surface area contributed by atoms with Crippen molar-refractivity contribution in [1.29, 1.82) is 0 Å². The minimum Gasteiger partial charge on any atom is -0.394 e. The Morgan fingerprint density at radius 1 is 1.12 bits per heavy atom. The second kappa shape index (κ2) is 10.7. The van der Waals surface area contributed by atoms with Gasteiger partial charge in [-0.3, -0.25) is 4.57 Å². The van der Waals surface area contributed by atoms with E-state index in [2.05, 4.69) is 41.4 Å². The summed E-state index contributed by atoms with van der Waals surface area (Å²) in [6, 6.07) is 5.71. The van der Waals surface area contributed by atoms with E-state index < -0.39 is 54.6 Å². The van der Waals surface area contributed by atoms with Gasteiger partial charge in [0.1, 0.15) is 35.6 Å². The molecule has 0 radical (unpaired) electrons. The normalized spacial score (nSPS) is 21.4. The summed E-state index contributed by atoms with van der Waals surface area (Å²) >= 11 is 4.12. The number of alkyl halides is 3. The van der Waals surface area contributed by atoms with Gasteiger partial charge in [-0.05, 0) is 53.2 Å². The van der Waals surface area contributed by atoms with E-state index in [1.54, 1.807) is 19.1 Å². The molecule has 0 spiro atoms. The van der Waals surface area contributed by atoms with Gasteiger partial charge in [0.05, 0.1) is 44.2 Å². The first-order valence-corrected chi connectivity index (χ1v) is 14.0. The highest BCUT2D eigenvalue weighted by Crippen LogP contribution is 2.41. The number of rotatable bonds is 5. The molecule has 10 nitrogen and oxygen atoms in total. The molecular weight excluding hydrogens is 653 g/mol. The average Bonchev–Trinajstić information content (AvgIpc) is 3.68. The first-order chi connectivity index (χ1) is 19.9. The molecule has 6 rings (SSSR count). The topological polar surface area (TPSA) is 124 Å². The fourth-order valence-electron chi connectivity index (χ4n) is 4.92. The third-order valence-corrected chi connectivity index (χ3v) is 8.54. The summed E-state index contributed by atoms with van der Waals surface area (Å²) in [4.78, 5) is 4.35. The van der Waals surface area contributed by atoms with Crippen molar-refractivity contribution in [2.24, 2.45) is 0 Å². The van der Waals surface area contributed by atoms with Crippen LogP contribution in [-0.2, 0) is 10.9 Å². The molecule has 0 aliphatic carbocycles. The van der Waals surface area contributed by atoms with Crippen LogP contribution in [0.5, 0.6) is 0 Å². The lowest BCUT2D eigenvalue weighted by Gasteiger charge is -2.38. The summed E-state index contributed by atoms with van der Waals surface area (Å²) in [5.74, 6) is -3.22. The van der Waals surface area contributed by atoms with E-state index in [-0.39, 0.29) is 33.7 Å². The third kappa shape index (κ3) is 5.08. The number of thiazole rings is 1. The van der Waals surface area contributed by atoms with Crippen LogP contribution in [0.15, 0.2) is 41.0 Å². The van der Waals surface area contributed by atoms with Crippen LogP contribution in [0.2, 0.25) is 0 Å². The number of halogens is 6. The summed E-state index contributed by atoms with van der Waals surface area (Å²) in [6.45, 7) is 1.11. The Bertz CT molecular complexity index is 1770. The Labute approximate surface area is 245 Å². The Kier molecular flexibility index (Phi) is 7.33. The van der Waals surface area contributed by atoms with Gasteiger partial charge < -0.3 is 14.9 Å². The highest BCUT2D eigenvalue weighted by Gasteiger charge is 2.45. The van der Waals surface area contributed by atoms with Crippen LogP contribution in [0, 0.1) is 18.6 Å². The first-order valence-electron chi connectivity index (χ1n) is 12.4. The zero-order chi connectivity index (χ0) is 29.9. The number of fused-ring (bicyclic) bond motifs is 1. The fourth-order valence-corrected chi connectivity index (χ4v) is 6.01. The second-order valence-corrected chi connectivity index (χ2v) is 11.6. The van der Waals surface area contributed by atoms with Crippen molar-refractivity contribution < 1.29 is 36.9 Å². The molecule has 1 aliphatic heterocycles. The van der Waals surface area contributed by atoms with Crippen molar-refractivity contribution in [2.75, 3.05) is 6.61 Å². The Hall–Kier alpha value is -3.38. The van der Waals surface area contributed by atoms with Crippen molar-refractivity contribution in [3.05, 3.63) is 69.3 Å². The molecule has 5 aromatic rings. The van der Waals surface area contributed by atoms with E-state index in [1.807, 2.05) is 0 Å². The van der Waals surface area contributed by atoms with Crippen LogP contribution >= 0.6 is 27.3 Å². The number of ether oxygens (including phenoxy) is 1. The summed E-state index contributed by atoms with van der Waals surface area (Å²) in [5.41, 5.74) is 0.883. The maximum atomic E-state index is 14.1. The number of aryl methyl sites for hydroxylation is 1. The Morgan fingerprint density at radius 2 is 1.86 bits per heavy atom. The van der Waals surface area contributed by atoms with Gasteiger partial charge in [0.25, 0.3) is 0 Å². The molecule has 0 bridgehead atoms. The quantitative estimate of drug-likeness (QED) is 0.199. The van der Waals surface area contributed by atoms with Gasteiger partial charge in [0, 0.05) is 12.0 Å². The predicted octanol–water partition coefficient (Wildman–Crippen LogP) is 4.93. The van der Waals surface area contributed by atoms with Gasteiger partial charge in [-0.25, -0.2) is 18.4 Å². The smallest absolute Gasteiger partial charge is 0.394 e. The lowest BCUT2D eigenvalue weighted by Crippen LogP contribution is -2.45. The van der Waals surface area contributed by atoms with Gasteiger partial charge in [-0.2, -0.15) is 13.2 Å². The SMILES string of the molecule is Cc1nc2ccc(-n3c(C4CC(n5cc(-c6cc(F)c(Br)c(F)c6)nn5)C(O)C(CO)O4)nnc3C(F)(F)F)cc2s1. The molecule has 17 heteroatoms. The largest absolute Gasteiger partial charge is 0.452 e. The molecule has 4 heterocycles. The number of aliphatic hydroxyl groups is 2. The molecule has 42 heavy (non-hydrogen) atoms. The van der Waals surface area contributed by atoms with Crippen molar-refractivity contribution >= 4 is 37.5 Å². The zero-order valence-electron chi connectivity index (χ0n) is 21.3. The summed E-state index contributed by atoms with van der Waals surface area (Å²) in [5, 5.41) is 36.9. The molecule has 3 aromatic heterocycles. The minimum atomic E-state index is -4.87. The summed E-state index contributed by atoms with van der Waals surface area (Å²) < 4.78 is 78.7. The van der Waals surface area contributed by atoms with Crippen LogP contribution in [0.25, 0.3) is 27.2 Å². The lowest BCUT2D eigenvalue weighted by molar-refractivity contribution is -0.162. The molecule has 4 unspecified atom stereocenters. The Balaban J connectivity index is 1.40. The van der Waals surface area contributed by atoms with Gasteiger partial charge in [0.15, 0.2) is 5.82 Å². The van der Waals surface area contributed by atoms with E-state index in [4.69, 9.17) is 4.74 Å². The van der Waals surface area contributed by atoms with Crippen molar-refractivity contribution in [1.82, 2.24) is 34.7 Å². The van der Waals surface area contributed by atoms with Crippen LogP contribution in [0.1, 0.15) is 35.2 Å². The van der Waals surface area contributed by atoms with Crippen LogP contribution in [0.3, 0.4) is 0 Å². The second-order valence-electron chi connectivity index (χ2n) is 9.58. The average molecular weight is 672 g/mol.